The van der Waals surface area contributed by atoms with Crippen LogP contribution in [-0.2, 0) is 14.3 Å². The van der Waals surface area contributed by atoms with Gasteiger partial charge < -0.3 is 4.74 Å². The highest BCUT2D eigenvalue weighted by Gasteiger charge is 2.27. The van der Waals surface area contributed by atoms with Crippen LogP contribution in [0.15, 0.2) is 60.7 Å². The normalized spacial score (nSPS) is 13.5. The third-order valence-electron chi connectivity index (χ3n) is 4.61. The van der Waals surface area contributed by atoms with Crippen molar-refractivity contribution >= 4 is 17.8 Å². The zero-order chi connectivity index (χ0) is 20.5. The monoisotopic (exact) mass is 379 g/mol. The number of esters is 1. The number of methoxy groups -OCH3 is 1. The van der Waals surface area contributed by atoms with Gasteiger partial charge in [-0.3, -0.25) is 14.9 Å². The fourth-order valence-corrected chi connectivity index (χ4v) is 3.06. The molecule has 1 unspecified atom stereocenters. The lowest BCUT2D eigenvalue weighted by molar-refractivity contribution is -0.144. The fraction of sp³-hybridized carbons (Fsp3) is 0.333. The Kier molecular flexibility index (Phi) is 8.15. The molecule has 1 N–H and O–H groups in total. The number of allylic oxidation sites excluding steroid dienone is 1. The molecule has 0 heterocycles. The lowest BCUT2D eigenvalue weighted by atomic mass is 9.96. The van der Waals surface area contributed by atoms with E-state index >= 15 is 0 Å². The second-order valence-corrected chi connectivity index (χ2v) is 7.29. The maximum absolute atomic E-state index is 12.6. The van der Waals surface area contributed by atoms with E-state index in [1.54, 1.807) is 6.08 Å². The molecule has 4 heteroatoms. The number of aryl methyl sites for hydroxylation is 1. The van der Waals surface area contributed by atoms with Crippen LogP contribution in [0, 0.1) is 12.8 Å². The van der Waals surface area contributed by atoms with Gasteiger partial charge >= 0.3 is 5.97 Å². The Hall–Kier alpha value is -2.72. The first-order chi connectivity index (χ1) is 13.4. The first-order valence-corrected chi connectivity index (χ1v) is 9.57. The molecule has 0 aliphatic heterocycles. The highest BCUT2D eigenvalue weighted by molar-refractivity contribution is 5.94. The molecule has 28 heavy (non-hydrogen) atoms. The number of benzene rings is 2. The fourth-order valence-electron chi connectivity index (χ4n) is 3.06. The van der Waals surface area contributed by atoms with E-state index < -0.39 is 6.04 Å². The van der Waals surface area contributed by atoms with Gasteiger partial charge in [-0.1, -0.05) is 80.1 Å². The predicted octanol–water partition coefficient (Wildman–Crippen LogP) is 4.50. The average Bonchev–Trinajstić information content (AvgIpc) is 2.69. The Balaban J connectivity index is 2.21. The van der Waals surface area contributed by atoms with Gasteiger partial charge in [-0.25, -0.2) is 0 Å². The molecule has 0 fully saturated rings. The summed E-state index contributed by atoms with van der Waals surface area (Å²) in [4.78, 5) is 24.8. The van der Waals surface area contributed by atoms with E-state index in [9.17, 15) is 9.59 Å². The summed E-state index contributed by atoms with van der Waals surface area (Å²) in [7, 11) is 1.38. The SMILES string of the molecule is COC(=O)[C@@H](NC(CC(=O)/C=C/c1ccccc1)c1cccc(C)c1)C(C)C. The lowest BCUT2D eigenvalue weighted by Crippen LogP contribution is -2.44. The number of hydrogen-bond acceptors (Lipinski definition) is 4. The van der Waals surface area contributed by atoms with Gasteiger partial charge in [0.15, 0.2) is 5.78 Å². The summed E-state index contributed by atoms with van der Waals surface area (Å²) in [5, 5.41) is 3.35. The summed E-state index contributed by atoms with van der Waals surface area (Å²) in [6.45, 7) is 5.93. The van der Waals surface area contributed by atoms with Gasteiger partial charge in [-0.2, -0.15) is 0 Å². The molecule has 0 saturated heterocycles. The average molecular weight is 380 g/mol. The summed E-state index contributed by atoms with van der Waals surface area (Å²) in [5.74, 6) is -0.287. The van der Waals surface area contributed by atoms with Gasteiger partial charge in [-0.15, -0.1) is 0 Å². The zero-order valence-corrected chi connectivity index (χ0v) is 17.0. The number of rotatable bonds is 9. The second-order valence-electron chi connectivity index (χ2n) is 7.29. The topological polar surface area (TPSA) is 55.4 Å². The number of nitrogens with one attached hydrogen (secondary N) is 1. The maximum atomic E-state index is 12.6. The zero-order valence-electron chi connectivity index (χ0n) is 17.0. The molecule has 0 radical (unpaired) electrons. The van der Waals surface area contributed by atoms with Crippen LogP contribution in [0.2, 0.25) is 0 Å². The lowest BCUT2D eigenvalue weighted by Gasteiger charge is -2.26. The highest BCUT2D eigenvalue weighted by Crippen LogP contribution is 2.22. The number of ketones is 1. The first-order valence-electron chi connectivity index (χ1n) is 9.57. The predicted molar refractivity (Wildman–Crippen MR) is 113 cm³/mol. The minimum Gasteiger partial charge on any atom is -0.468 e. The van der Waals surface area contributed by atoms with Crippen molar-refractivity contribution in [1.82, 2.24) is 5.32 Å². The quantitative estimate of drug-likeness (QED) is 0.515. The largest absolute Gasteiger partial charge is 0.468 e. The van der Waals surface area contributed by atoms with Crippen LogP contribution in [0.4, 0.5) is 0 Å². The molecule has 2 atom stereocenters. The summed E-state index contributed by atoms with van der Waals surface area (Å²) < 4.78 is 4.94. The number of carbonyl (C=O) groups excluding carboxylic acids is 2. The van der Waals surface area contributed by atoms with Crippen LogP contribution in [0.25, 0.3) is 6.08 Å². The first kappa shape index (κ1) is 21.6. The summed E-state index contributed by atoms with van der Waals surface area (Å²) >= 11 is 0. The van der Waals surface area contributed by atoms with E-state index in [4.69, 9.17) is 4.74 Å². The molecule has 148 valence electrons. The molecule has 0 saturated carbocycles. The molecular formula is C24H29NO3. The molecule has 2 aromatic rings. The Morgan fingerprint density at radius 2 is 1.79 bits per heavy atom. The van der Waals surface area contributed by atoms with Crippen LogP contribution in [0.1, 0.15) is 43.0 Å². The Morgan fingerprint density at radius 1 is 1.07 bits per heavy atom. The van der Waals surface area contributed by atoms with E-state index in [0.29, 0.717) is 0 Å². The van der Waals surface area contributed by atoms with Crippen molar-refractivity contribution in [3.05, 3.63) is 77.4 Å². The summed E-state index contributed by atoms with van der Waals surface area (Å²) in [5.41, 5.74) is 3.07. The van der Waals surface area contributed by atoms with E-state index in [1.165, 1.54) is 7.11 Å². The maximum Gasteiger partial charge on any atom is 0.323 e. The number of hydrogen-bond donors (Lipinski definition) is 1. The van der Waals surface area contributed by atoms with Crippen molar-refractivity contribution < 1.29 is 14.3 Å². The van der Waals surface area contributed by atoms with Crippen molar-refractivity contribution in [1.29, 1.82) is 0 Å². The van der Waals surface area contributed by atoms with Crippen LogP contribution in [-0.4, -0.2) is 24.9 Å². The van der Waals surface area contributed by atoms with Gasteiger partial charge in [0.1, 0.15) is 6.04 Å². The minimum absolute atomic E-state index is 0.00442. The van der Waals surface area contributed by atoms with Gasteiger partial charge in [0.05, 0.1) is 7.11 Å². The molecule has 0 aromatic heterocycles. The van der Waals surface area contributed by atoms with Gasteiger partial charge in [0, 0.05) is 12.5 Å². The molecule has 2 aromatic carbocycles. The highest BCUT2D eigenvalue weighted by atomic mass is 16.5. The Labute approximate surface area is 167 Å². The van der Waals surface area contributed by atoms with Crippen LogP contribution >= 0.6 is 0 Å². The van der Waals surface area contributed by atoms with Gasteiger partial charge in [0.25, 0.3) is 0 Å². The van der Waals surface area contributed by atoms with Crippen molar-refractivity contribution in [2.75, 3.05) is 7.11 Å². The Bertz CT molecular complexity index is 812. The molecule has 0 aliphatic rings. The third kappa shape index (κ3) is 6.46. The molecule has 0 bridgehead atoms. The van der Waals surface area contributed by atoms with Crippen molar-refractivity contribution in [3.8, 4) is 0 Å². The van der Waals surface area contributed by atoms with Gasteiger partial charge in [-0.05, 0) is 30.0 Å². The second kappa shape index (κ2) is 10.6. The number of ether oxygens (including phenoxy) is 1. The standard InChI is InChI=1S/C24H29NO3/c1-17(2)23(24(27)28-4)25-22(20-12-8-9-18(3)15-20)16-21(26)14-13-19-10-6-5-7-11-19/h5-15,17,22-23,25H,16H2,1-4H3/b14-13+/t22?,23-/m0/s1. The third-order valence-corrected chi connectivity index (χ3v) is 4.61. The van der Waals surface area contributed by atoms with Crippen LogP contribution in [0.3, 0.4) is 0 Å². The van der Waals surface area contributed by atoms with Crippen LogP contribution in [0.5, 0.6) is 0 Å². The van der Waals surface area contributed by atoms with Gasteiger partial charge in [0.2, 0.25) is 0 Å². The van der Waals surface area contributed by atoms with E-state index in [-0.39, 0.29) is 30.1 Å². The molecular weight excluding hydrogens is 350 g/mol. The minimum atomic E-state index is -0.485. The molecule has 0 amide bonds. The molecule has 0 aliphatic carbocycles. The van der Waals surface area contributed by atoms with Crippen molar-refractivity contribution in [3.63, 3.8) is 0 Å². The van der Waals surface area contributed by atoms with Crippen molar-refractivity contribution in [2.45, 2.75) is 39.3 Å². The number of carbonyl (C=O) groups is 2. The van der Waals surface area contributed by atoms with Crippen molar-refractivity contribution in [2.24, 2.45) is 5.92 Å². The molecule has 4 nitrogen and oxygen atoms in total. The summed E-state index contributed by atoms with van der Waals surface area (Å²) in [6, 6.07) is 16.9. The molecule has 2 rings (SSSR count). The van der Waals surface area contributed by atoms with E-state index in [1.807, 2.05) is 81.4 Å². The summed E-state index contributed by atoms with van der Waals surface area (Å²) in [6.07, 6.45) is 3.67. The van der Waals surface area contributed by atoms with Crippen LogP contribution < -0.4 is 5.32 Å². The molecule has 0 spiro atoms. The Morgan fingerprint density at radius 3 is 2.39 bits per heavy atom. The smallest absolute Gasteiger partial charge is 0.323 e. The van der Waals surface area contributed by atoms with E-state index in [0.717, 1.165) is 16.7 Å². The van der Waals surface area contributed by atoms with E-state index in [2.05, 4.69) is 5.32 Å².